The maximum absolute atomic E-state index is 9.33. The third-order valence-corrected chi connectivity index (χ3v) is 9.54. The molecular weight excluding hydrogens is 580 g/mol. The van der Waals surface area contributed by atoms with Gasteiger partial charge in [0, 0.05) is 23.3 Å². The van der Waals surface area contributed by atoms with Gasteiger partial charge in [-0.1, -0.05) is 78.9 Å². The molecule has 6 rings (SSSR count). The van der Waals surface area contributed by atoms with Crippen LogP contribution >= 0.6 is 0 Å². The van der Waals surface area contributed by atoms with Gasteiger partial charge in [-0.3, -0.25) is 17.7 Å². The minimum absolute atomic E-state index is 0.379. The van der Waals surface area contributed by atoms with Crippen LogP contribution in [0, 0.1) is 0 Å². The normalized spacial score (nSPS) is 19.6. The maximum Gasteiger partial charge on any atom is 0.397 e. The van der Waals surface area contributed by atoms with Crippen molar-refractivity contribution >= 4 is 48.9 Å². The standard InChI is InChI=1S/C37H38N2.CH4O4S/c1-26-32(38(3,4)34-24-22-28-16-12-14-18-30(28)36(26)34)20-10-8-7-9-11-21-33-27(2)37-31-19-15-13-17-29(31)23-25-35(37)39(33,5)6;1-5-6(2,3)4/h7-26H,1-6H3;1H3,(H,2,3,4)/q+2;. The van der Waals surface area contributed by atoms with Gasteiger partial charge in [0.25, 0.3) is 0 Å². The van der Waals surface area contributed by atoms with E-state index in [2.05, 4.69) is 162 Å². The number of allylic oxidation sites excluding steroid dienone is 9. The number of fused-ring (bicyclic) bond motifs is 6. The van der Waals surface area contributed by atoms with E-state index in [0.29, 0.717) is 5.92 Å². The summed E-state index contributed by atoms with van der Waals surface area (Å²) < 4.78 is 31.3. The van der Waals surface area contributed by atoms with Crippen molar-refractivity contribution in [1.82, 2.24) is 8.97 Å². The number of nitrogens with zero attached hydrogens (tertiary/aromatic N) is 2. The molecule has 45 heavy (non-hydrogen) atoms. The summed E-state index contributed by atoms with van der Waals surface area (Å²) in [4.78, 5) is 0. The average Bonchev–Trinajstić information content (AvgIpc) is 3.33. The van der Waals surface area contributed by atoms with Crippen LogP contribution in [0.2, 0.25) is 0 Å². The lowest BCUT2D eigenvalue weighted by molar-refractivity contribution is 0.324. The Morgan fingerprint density at radius 1 is 0.733 bits per heavy atom. The number of likely N-dealkylation sites (N-methyl/N-ethyl adjacent to an activating group) is 2. The van der Waals surface area contributed by atoms with Gasteiger partial charge in [-0.05, 0) is 59.7 Å². The topological polar surface area (TPSA) is 63.6 Å². The van der Waals surface area contributed by atoms with Gasteiger partial charge in [-0.2, -0.15) is 8.42 Å². The molecule has 1 atom stereocenters. The van der Waals surface area contributed by atoms with Crippen LogP contribution in [0.3, 0.4) is 0 Å². The first-order chi connectivity index (χ1) is 21.3. The predicted molar refractivity (Wildman–Crippen MR) is 190 cm³/mol. The SMILES string of the molecule is CC1=C(C=CC=CC=CC=C2C(C)c3c(ccc4ccccc34)[N+]2(C)C)[N+](C)(C)c2ccc3ccccc3c21.COS(=O)(=O)O. The highest BCUT2D eigenvalue weighted by Gasteiger charge is 2.42. The van der Waals surface area contributed by atoms with E-state index in [0.717, 1.165) is 16.1 Å². The largest absolute Gasteiger partial charge is 0.397 e. The zero-order valence-corrected chi connectivity index (χ0v) is 27.8. The van der Waals surface area contributed by atoms with E-state index >= 15 is 0 Å². The monoisotopic (exact) mass is 622 g/mol. The minimum atomic E-state index is -4.16. The molecule has 2 aliphatic heterocycles. The second-order valence-corrected chi connectivity index (χ2v) is 13.5. The van der Waals surface area contributed by atoms with Crippen molar-refractivity contribution in [2.24, 2.45) is 0 Å². The van der Waals surface area contributed by atoms with Gasteiger partial charge < -0.3 is 0 Å². The number of hydrogen-bond acceptors (Lipinski definition) is 3. The molecule has 1 unspecified atom stereocenters. The number of rotatable bonds is 5. The zero-order chi connectivity index (χ0) is 32.6. The molecule has 1 N–H and O–H groups in total. The van der Waals surface area contributed by atoms with Crippen molar-refractivity contribution in [3.63, 3.8) is 0 Å². The van der Waals surface area contributed by atoms with E-state index in [1.807, 2.05) is 0 Å². The van der Waals surface area contributed by atoms with Crippen LogP contribution in [-0.4, -0.2) is 48.3 Å². The predicted octanol–water partition coefficient (Wildman–Crippen LogP) is 8.68. The molecule has 0 fully saturated rings. The van der Waals surface area contributed by atoms with Crippen molar-refractivity contribution in [2.75, 3.05) is 35.3 Å². The fourth-order valence-corrected chi connectivity index (χ4v) is 6.93. The van der Waals surface area contributed by atoms with E-state index in [1.165, 1.54) is 61.0 Å². The second-order valence-electron chi connectivity index (χ2n) is 12.4. The zero-order valence-electron chi connectivity index (χ0n) is 27.0. The molecule has 0 spiro atoms. The number of benzene rings is 4. The molecule has 0 amide bonds. The van der Waals surface area contributed by atoms with Crippen LogP contribution < -0.4 is 8.97 Å². The molecule has 4 aromatic rings. The fourth-order valence-electron chi connectivity index (χ4n) is 6.93. The molecule has 0 aromatic heterocycles. The summed E-state index contributed by atoms with van der Waals surface area (Å²) in [6.45, 7) is 4.60. The molecular formula is C38H42N2O4S+2. The van der Waals surface area contributed by atoms with Crippen LogP contribution in [0.15, 0.2) is 127 Å². The van der Waals surface area contributed by atoms with Gasteiger partial charge in [0.05, 0.1) is 46.8 Å². The molecule has 0 aliphatic carbocycles. The molecule has 232 valence electrons. The molecule has 0 saturated heterocycles. The van der Waals surface area contributed by atoms with E-state index in [4.69, 9.17) is 4.55 Å². The Morgan fingerprint density at radius 3 is 1.91 bits per heavy atom. The highest BCUT2D eigenvalue weighted by Crippen LogP contribution is 2.50. The van der Waals surface area contributed by atoms with Crippen LogP contribution in [0.5, 0.6) is 0 Å². The van der Waals surface area contributed by atoms with Gasteiger partial charge in [-0.25, -0.2) is 0 Å². The quantitative estimate of drug-likeness (QED) is 0.137. The lowest BCUT2D eigenvalue weighted by atomic mass is 9.94. The molecule has 0 bridgehead atoms. The van der Waals surface area contributed by atoms with Crippen molar-refractivity contribution in [1.29, 1.82) is 0 Å². The summed E-state index contributed by atoms with van der Waals surface area (Å²) in [6.07, 6.45) is 15.3. The Labute approximate surface area is 267 Å². The van der Waals surface area contributed by atoms with Crippen LogP contribution in [0.25, 0.3) is 27.1 Å². The van der Waals surface area contributed by atoms with Crippen LogP contribution in [0.1, 0.15) is 30.9 Å². The van der Waals surface area contributed by atoms with E-state index in [9.17, 15) is 8.42 Å². The second kappa shape index (κ2) is 12.4. The summed E-state index contributed by atoms with van der Waals surface area (Å²) >= 11 is 0. The Balaban J connectivity index is 0.000000609. The van der Waals surface area contributed by atoms with Gasteiger partial charge in [-0.15, -0.1) is 0 Å². The Hall–Kier alpha value is -4.11. The van der Waals surface area contributed by atoms with E-state index in [-0.39, 0.29) is 0 Å². The van der Waals surface area contributed by atoms with Gasteiger partial charge in [0.15, 0.2) is 0 Å². The van der Waals surface area contributed by atoms with Crippen LogP contribution in [0.4, 0.5) is 11.4 Å². The van der Waals surface area contributed by atoms with Crippen molar-refractivity contribution in [2.45, 2.75) is 19.8 Å². The molecule has 0 saturated carbocycles. The summed E-state index contributed by atoms with van der Waals surface area (Å²) in [6, 6.07) is 26.6. The number of hydrogen-bond donors (Lipinski definition) is 1. The molecule has 0 radical (unpaired) electrons. The smallest absolute Gasteiger partial charge is 0.266 e. The summed E-state index contributed by atoms with van der Waals surface area (Å²) in [5, 5.41) is 5.33. The van der Waals surface area contributed by atoms with Crippen LogP contribution in [-0.2, 0) is 14.6 Å². The Kier molecular flexibility index (Phi) is 8.86. The van der Waals surface area contributed by atoms with Crippen molar-refractivity contribution in [3.05, 3.63) is 138 Å². The molecule has 2 heterocycles. The lowest BCUT2D eigenvalue weighted by Gasteiger charge is -2.26. The third-order valence-electron chi connectivity index (χ3n) is 9.12. The van der Waals surface area contributed by atoms with Gasteiger partial charge >= 0.3 is 10.4 Å². The first-order valence-electron chi connectivity index (χ1n) is 15.0. The average molecular weight is 623 g/mol. The molecule has 6 nitrogen and oxygen atoms in total. The van der Waals surface area contributed by atoms with E-state index in [1.54, 1.807) is 0 Å². The first kappa shape index (κ1) is 32.3. The van der Waals surface area contributed by atoms with E-state index < -0.39 is 10.4 Å². The lowest BCUT2D eigenvalue weighted by Crippen LogP contribution is -2.36. The summed E-state index contributed by atoms with van der Waals surface area (Å²) in [5.41, 5.74) is 9.72. The maximum atomic E-state index is 9.33. The summed E-state index contributed by atoms with van der Waals surface area (Å²) in [7, 11) is 5.87. The summed E-state index contributed by atoms with van der Waals surface area (Å²) in [5.74, 6) is 0.379. The third kappa shape index (κ3) is 6.10. The molecule has 7 heteroatoms. The minimum Gasteiger partial charge on any atom is -0.266 e. The Morgan fingerprint density at radius 2 is 1.27 bits per heavy atom. The molecule has 2 aliphatic rings. The van der Waals surface area contributed by atoms with Crippen molar-refractivity contribution < 1.29 is 17.2 Å². The van der Waals surface area contributed by atoms with Crippen molar-refractivity contribution in [3.8, 4) is 0 Å². The Bertz CT molecular complexity index is 2050. The highest BCUT2D eigenvalue weighted by molar-refractivity contribution is 7.80. The first-order valence-corrected chi connectivity index (χ1v) is 16.3. The van der Waals surface area contributed by atoms with Gasteiger partial charge in [0.1, 0.15) is 22.8 Å². The molecule has 4 aromatic carbocycles. The number of quaternary nitrogens is 2. The highest BCUT2D eigenvalue weighted by atomic mass is 32.3. The fraction of sp³-hybridized carbons (Fsp3) is 0.211. The van der Waals surface area contributed by atoms with Gasteiger partial charge in [0.2, 0.25) is 0 Å².